The molecule has 25 heavy (non-hydrogen) atoms. The van der Waals surface area contributed by atoms with Gasteiger partial charge in [0.15, 0.2) is 5.82 Å². The van der Waals surface area contributed by atoms with E-state index in [1.807, 2.05) is 6.92 Å². The second kappa shape index (κ2) is 5.88. The number of hydrogen-bond donors (Lipinski definition) is 4. The molecule has 1 saturated carbocycles. The van der Waals surface area contributed by atoms with Crippen molar-refractivity contribution in [3.8, 4) is 11.5 Å². The van der Waals surface area contributed by atoms with E-state index < -0.39 is 5.72 Å². The SMILES string of the molecule is Cc1cc2nc(-c3[nH]ncc3NC(C)(O)C3CCCC3)[nH]c2cc1C. The summed E-state index contributed by atoms with van der Waals surface area (Å²) in [6.07, 6.45) is 6.18. The van der Waals surface area contributed by atoms with Crippen LogP contribution in [0.3, 0.4) is 0 Å². The molecule has 1 atom stereocenters. The van der Waals surface area contributed by atoms with Crippen molar-refractivity contribution in [2.24, 2.45) is 5.92 Å². The van der Waals surface area contributed by atoms with Crippen molar-refractivity contribution in [2.45, 2.75) is 52.2 Å². The largest absolute Gasteiger partial charge is 0.371 e. The summed E-state index contributed by atoms with van der Waals surface area (Å²) in [5, 5.41) is 21.3. The highest BCUT2D eigenvalue weighted by molar-refractivity contribution is 5.82. The van der Waals surface area contributed by atoms with Crippen LogP contribution in [-0.2, 0) is 0 Å². The van der Waals surface area contributed by atoms with E-state index in [1.165, 1.54) is 24.0 Å². The van der Waals surface area contributed by atoms with Crippen LogP contribution in [0.5, 0.6) is 0 Å². The lowest BCUT2D eigenvalue weighted by Crippen LogP contribution is -2.41. The molecule has 1 aliphatic carbocycles. The van der Waals surface area contributed by atoms with Gasteiger partial charge in [0.1, 0.15) is 11.4 Å². The van der Waals surface area contributed by atoms with Crippen molar-refractivity contribution < 1.29 is 5.11 Å². The summed E-state index contributed by atoms with van der Waals surface area (Å²) >= 11 is 0. The molecular weight excluding hydrogens is 314 g/mol. The molecule has 1 aliphatic rings. The zero-order valence-electron chi connectivity index (χ0n) is 15.0. The first-order valence-corrected chi connectivity index (χ1v) is 8.95. The summed E-state index contributed by atoms with van der Waals surface area (Å²) in [5.74, 6) is 0.985. The third-order valence-electron chi connectivity index (χ3n) is 5.51. The highest BCUT2D eigenvalue weighted by Gasteiger charge is 2.34. The number of H-pyrrole nitrogens is 2. The summed E-state index contributed by atoms with van der Waals surface area (Å²) < 4.78 is 0. The topological polar surface area (TPSA) is 89.6 Å². The Kier molecular flexibility index (Phi) is 3.80. The first kappa shape index (κ1) is 16.1. The number of aryl methyl sites for hydroxylation is 2. The molecule has 2 heterocycles. The second-order valence-corrected chi connectivity index (χ2v) is 7.45. The fraction of sp³-hybridized carbons (Fsp3) is 0.474. The number of aromatic nitrogens is 4. The molecule has 6 nitrogen and oxygen atoms in total. The Morgan fingerprint density at radius 1 is 1.20 bits per heavy atom. The van der Waals surface area contributed by atoms with E-state index in [2.05, 4.69) is 46.5 Å². The third-order valence-corrected chi connectivity index (χ3v) is 5.51. The summed E-state index contributed by atoms with van der Waals surface area (Å²) in [6.45, 7) is 6.04. The van der Waals surface area contributed by atoms with Crippen LogP contribution in [0.4, 0.5) is 5.69 Å². The van der Waals surface area contributed by atoms with Crippen molar-refractivity contribution in [1.82, 2.24) is 20.2 Å². The van der Waals surface area contributed by atoms with Crippen LogP contribution in [0.1, 0.15) is 43.7 Å². The van der Waals surface area contributed by atoms with Crippen molar-refractivity contribution in [1.29, 1.82) is 0 Å². The zero-order chi connectivity index (χ0) is 17.6. The number of anilines is 1. The van der Waals surface area contributed by atoms with Gasteiger partial charge in [0.25, 0.3) is 0 Å². The first-order chi connectivity index (χ1) is 11.9. The lowest BCUT2D eigenvalue weighted by atomic mass is 9.95. The first-order valence-electron chi connectivity index (χ1n) is 8.95. The zero-order valence-corrected chi connectivity index (χ0v) is 15.0. The van der Waals surface area contributed by atoms with Crippen LogP contribution in [0.25, 0.3) is 22.6 Å². The number of nitrogens with zero attached hydrogens (tertiary/aromatic N) is 2. The van der Waals surface area contributed by atoms with Gasteiger partial charge in [0, 0.05) is 5.92 Å². The number of imidazole rings is 1. The average molecular weight is 339 g/mol. The highest BCUT2D eigenvalue weighted by atomic mass is 16.3. The molecule has 0 aliphatic heterocycles. The Labute approximate surface area is 147 Å². The third kappa shape index (κ3) is 2.91. The van der Waals surface area contributed by atoms with Crippen molar-refractivity contribution in [3.63, 3.8) is 0 Å². The van der Waals surface area contributed by atoms with Gasteiger partial charge < -0.3 is 15.4 Å². The number of nitrogens with one attached hydrogen (secondary N) is 3. The molecule has 1 unspecified atom stereocenters. The number of fused-ring (bicyclic) bond motifs is 1. The summed E-state index contributed by atoms with van der Waals surface area (Å²) in [7, 11) is 0. The van der Waals surface area contributed by atoms with Crippen LogP contribution in [0.15, 0.2) is 18.3 Å². The molecule has 4 N–H and O–H groups in total. The second-order valence-electron chi connectivity index (χ2n) is 7.45. The van der Waals surface area contributed by atoms with Gasteiger partial charge in [-0.25, -0.2) is 4.98 Å². The molecule has 0 spiro atoms. The highest BCUT2D eigenvalue weighted by Crippen LogP contribution is 2.36. The molecule has 0 amide bonds. The smallest absolute Gasteiger partial charge is 0.158 e. The van der Waals surface area contributed by atoms with E-state index in [0.29, 0.717) is 0 Å². The lowest BCUT2D eigenvalue weighted by molar-refractivity contribution is 0.0294. The van der Waals surface area contributed by atoms with Gasteiger partial charge in [-0.2, -0.15) is 5.10 Å². The maximum Gasteiger partial charge on any atom is 0.158 e. The predicted octanol–water partition coefficient (Wildman–Crippen LogP) is 3.88. The molecule has 0 bridgehead atoms. The predicted molar refractivity (Wildman–Crippen MR) is 99.4 cm³/mol. The fourth-order valence-electron chi connectivity index (χ4n) is 3.81. The van der Waals surface area contributed by atoms with Crippen LogP contribution in [0.2, 0.25) is 0 Å². The molecule has 4 rings (SSSR count). The Morgan fingerprint density at radius 2 is 1.92 bits per heavy atom. The summed E-state index contributed by atoms with van der Waals surface area (Å²) in [5.41, 5.74) is 4.97. The Hall–Kier alpha value is -2.34. The van der Waals surface area contributed by atoms with Gasteiger partial charge in [-0.1, -0.05) is 12.8 Å². The van der Waals surface area contributed by atoms with Crippen LogP contribution >= 0.6 is 0 Å². The van der Waals surface area contributed by atoms with Gasteiger partial charge in [0.2, 0.25) is 0 Å². The quantitative estimate of drug-likeness (QED) is 0.543. The minimum absolute atomic E-state index is 0.260. The molecular formula is C19H25N5O. The Bertz CT molecular complexity index is 863. The van der Waals surface area contributed by atoms with Crippen molar-refractivity contribution in [3.05, 3.63) is 29.5 Å². The Balaban J connectivity index is 1.67. The van der Waals surface area contributed by atoms with E-state index >= 15 is 0 Å². The fourth-order valence-corrected chi connectivity index (χ4v) is 3.81. The molecule has 1 aromatic carbocycles. The normalized spacial score (nSPS) is 17.9. The van der Waals surface area contributed by atoms with E-state index in [0.717, 1.165) is 41.1 Å². The van der Waals surface area contributed by atoms with Crippen molar-refractivity contribution in [2.75, 3.05) is 5.32 Å². The van der Waals surface area contributed by atoms with Gasteiger partial charge in [0.05, 0.1) is 22.9 Å². The minimum Gasteiger partial charge on any atom is -0.371 e. The maximum absolute atomic E-state index is 10.9. The monoisotopic (exact) mass is 339 g/mol. The molecule has 0 saturated heterocycles. The van der Waals surface area contributed by atoms with E-state index in [1.54, 1.807) is 6.20 Å². The standard InChI is InChI=1S/C19H25N5O/c1-11-8-14-15(9-12(11)2)22-18(21-14)17-16(10-20-24-17)23-19(3,25)13-6-4-5-7-13/h8-10,13,23,25H,4-7H2,1-3H3,(H,20,24)(H,21,22). The average Bonchev–Trinajstić information content (AvgIpc) is 3.27. The van der Waals surface area contributed by atoms with E-state index in [-0.39, 0.29) is 5.92 Å². The molecule has 0 radical (unpaired) electrons. The van der Waals surface area contributed by atoms with Gasteiger partial charge in [-0.15, -0.1) is 0 Å². The Morgan fingerprint density at radius 3 is 2.68 bits per heavy atom. The van der Waals surface area contributed by atoms with E-state index in [4.69, 9.17) is 4.98 Å². The maximum atomic E-state index is 10.9. The van der Waals surface area contributed by atoms with Crippen LogP contribution in [0, 0.1) is 19.8 Å². The number of aromatic amines is 2. The number of aliphatic hydroxyl groups is 1. The molecule has 3 aromatic rings. The number of rotatable bonds is 4. The van der Waals surface area contributed by atoms with Crippen molar-refractivity contribution >= 4 is 16.7 Å². The number of benzene rings is 1. The molecule has 1 fully saturated rings. The lowest BCUT2D eigenvalue weighted by Gasteiger charge is -2.31. The van der Waals surface area contributed by atoms with Gasteiger partial charge in [-0.05, 0) is 56.9 Å². The molecule has 2 aromatic heterocycles. The summed E-state index contributed by atoms with van der Waals surface area (Å²) in [6, 6.07) is 4.20. The molecule has 132 valence electrons. The minimum atomic E-state index is -0.950. The van der Waals surface area contributed by atoms with E-state index in [9.17, 15) is 5.11 Å². The summed E-state index contributed by atoms with van der Waals surface area (Å²) in [4.78, 5) is 8.05. The number of hydrogen-bond acceptors (Lipinski definition) is 4. The van der Waals surface area contributed by atoms with Crippen LogP contribution < -0.4 is 5.32 Å². The van der Waals surface area contributed by atoms with Crippen LogP contribution in [-0.4, -0.2) is 31.0 Å². The molecule has 6 heteroatoms. The van der Waals surface area contributed by atoms with Gasteiger partial charge >= 0.3 is 0 Å². The van der Waals surface area contributed by atoms with Gasteiger partial charge in [-0.3, -0.25) is 5.10 Å².